The van der Waals surface area contributed by atoms with E-state index < -0.39 is 0 Å². The molecule has 1 heterocycles. The minimum atomic E-state index is 0.230. The van der Waals surface area contributed by atoms with Gasteiger partial charge in [0, 0.05) is 6.04 Å². The number of rotatable bonds is 5. The first-order valence-corrected chi connectivity index (χ1v) is 6.39. The number of aromatic nitrogens is 2. The van der Waals surface area contributed by atoms with Crippen molar-refractivity contribution in [3.63, 3.8) is 0 Å². The molecule has 3 nitrogen and oxygen atoms in total. The van der Waals surface area contributed by atoms with E-state index in [1.54, 1.807) is 0 Å². The molecule has 16 heavy (non-hydrogen) atoms. The smallest absolute Gasteiger partial charge is 0.224 e. The number of anilines is 1. The van der Waals surface area contributed by atoms with Crippen molar-refractivity contribution in [2.75, 3.05) is 5.32 Å². The first kappa shape index (κ1) is 11.9. The highest BCUT2D eigenvalue weighted by molar-refractivity contribution is 6.33. The predicted octanol–water partition coefficient (Wildman–Crippen LogP) is 3.77. The van der Waals surface area contributed by atoms with Crippen LogP contribution in [0.15, 0.2) is 6.20 Å². The molecule has 0 amide bonds. The van der Waals surface area contributed by atoms with Crippen LogP contribution in [0.5, 0.6) is 0 Å². The molecule has 1 unspecified atom stereocenters. The quantitative estimate of drug-likeness (QED) is 0.819. The zero-order chi connectivity index (χ0) is 11.5. The lowest BCUT2D eigenvalue weighted by molar-refractivity contribution is 0.585. The molecule has 1 saturated carbocycles. The lowest BCUT2D eigenvalue weighted by atomic mass is 10.1. The number of halogens is 2. The first-order chi connectivity index (χ1) is 7.69. The van der Waals surface area contributed by atoms with E-state index in [0.29, 0.717) is 16.9 Å². The Balaban J connectivity index is 2.01. The molecule has 1 fully saturated rings. The fourth-order valence-corrected chi connectivity index (χ4v) is 2.00. The van der Waals surface area contributed by atoms with E-state index in [4.69, 9.17) is 23.2 Å². The molecule has 1 aromatic heterocycles. The van der Waals surface area contributed by atoms with Crippen molar-refractivity contribution in [2.45, 2.75) is 38.6 Å². The zero-order valence-electron chi connectivity index (χ0n) is 9.21. The van der Waals surface area contributed by atoms with E-state index in [1.165, 1.54) is 25.5 Å². The van der Waals surface area contributed by atoms with Gasteiger partial charge in [-0.3, -0.25) is 0 Å². The highest BCUT2D eigenvalue weighted by atomic mass is 35.5. The maximum absolute atomic E-state index is 6.00. The van der Waals surface area contributed by atoms with Crippen LogP contribution in [-0.4, -0.2) is 16.0 Å². The Morgan fingerprint density at radius 2 is 2.25 bits per heavy atom. The van der Waals surface area contributed by atoms with Crippen LogP contribution in [0.2, 0.25) is 10.3 Å². The number of nitrogens with one attached hydrogen (secondary N) is 1. The van der Waals surface area contributed by atoms with Crippen LogP contribution in [0, 0.1) is 5.92 Å². The van der Waals surface area contributed by atoms with Crippen molar-refractivity contribution in [3.05, 3.63) is 16.5 Å². The average Bonchev–Trinajstić information content (AvgIpc) is 3.06. The molecule has 1 aliphatic rings. The van der Waals surface area contributed by atoms with Crippen molar-refractivity contribution in [1.82, 2.24) is 9.97 Å². The van der Waals surface area contributed by atoms with Crippen molar-refractivity contribution >= 4 is 29.0 Å². The minimum absolute atomic E-state index is 0.230. The monoisotopic (exact) mass is 259 g/mol. The average molecular weight is 260 g/mol. The van der Waals surface area contributed by atoms with E-state index in [0.717, 1.165) is 12.3 Å². The molecule has 5 heteroatoms. The molecule has 1 aromatic rings. The van der Waals surface area contributed by atoms with Crippen molar-refractivity contribution in [3.8, 4) is 0 Å². The summed E-state index contributed by atoms with van der Waals surface area (Å²) in [4.78, 5) is 7.93. The summed E-state index contributed by atoms with van der Waals surface area (Å²) in [5.41, 5.74) is 0. The summed E-state index contributed by atoms with van der Waals surface area (Å²) in [5, 5.41) is 4.10. The molecule has 1 N–H and O–H groups in total. The van der Waals surface area contributed by atoms with Gasteiger partial charge in [-0.05, 0) is 30.4 Å². The van der Waals surface area contributed by atoms with Crippen molar-refractivity contribution in [1.29, 1.82) is 0 Å². The van der Waals surface area contributed by atoms with Crippen LogP contribution >= 0.6 is 23.2 Å². The van der Waals surface area contributed by atoms with Gasteiger partial charge in [0.2, 0.25) is 5.28 Å². The van der Waals surface area contributed by atoms with Crippen LogP contribution < -0.4 is 5.32 Å². The zero-order valence-corrected chi connectivity index (χ0v) is 10.7. The Hall–Kier alpha value is -0.540. The lowest BCUT2D eigenvalue weighted by Crippen LogP contribution is -2.20. The highest BCUT2D eigenvalue weighted by Crippen LogP contribution is 2.35. The van der Waals surface area contributed by atoms with Gasteiger partial charge in [-0.25, -0.2) is 4.98 Å². The van der Waals surface area contributed by atoms with E-state index in [2.05, 4.69) is 22.2 Å². The summed E-state index contributed by atoms with van der Waals surface area (Å²) in [6.07, 6.45) is 6.50. The second kappa shape index (κ2) is 5.19. The van der Waals surface area contributed by atoms with E-state index in [-0.39, 0.29) is 5.28 Å². The molecule has 0 aromatic carbocycles. The third kappa shape index (κ3) is 3.22. The van der Waals surface area contributed by atoms with Crippen LogP contribution in [0.1, 0.15) is 32.6 Å². The Morgan fingerprint density at radius 3 is 2.88 bits per heavy atom. The Kier molecular flexibility index (Phi) is 3.87. The van der Waals surface area contributed by atoms with Gasteiger partial charge >= 0.3 is 0 Å². The normalized spacial score (nSPS) is 17.2. The van der Waals surface area contributed by atoms with Crippen LogP contribution in [0.3, 0.4) is 0 Å². The molecule has 0 bridgehead atoms. The first-order valence-electron chi connectivity index (χ1n) is 5.63. The highest BCUT2D eigenvalue weighted by Gasteiger charge is 2.25. The topological polar surface area (TPSA) is 37.8 Å². The van der Waals surface area contributed by atoms with Crippen molar-refractivity contribution in [2.24, 2.45) is 5.92 Å². The molecule has 2 rings (SSSR count). The summed E-state index contributed by atoms with van der Waals surface area (Å²) in [7, 11) is 0. The third-order valence-corrected chi connectivity index (χ3v) is 3.32. The van der Waals surface area contributed by atoms with Crippen LogP contribution in [0.25, 0.3) is 0 Å². The molecule has 0 aliphatic heterocycles. The van der Waals surface area contributed by atoms with Gasteiger partial charge < -0.3 is 5.32 Å². The largest absolute Gasteiger partial charge is 0.366 e. The van der Waals surface area contributed by atoms with Gasteiger partial charge in [0.25, 0.3) is 0 Å². The number of hydrogen-bond donors (Lipinski definition) is 1. The van der Waals surface area contributed by atoms with Gasteiger partial charge in [0.05, 0.1) is 6.20 Å². The molecule has 0 saturated heterocycles. The standard InChI is InChI=1S/C11H15Cl2N3/c1-2-8(5-7-3-4-7)15-10-9(12)6-14-11(13)16-10/h6-8H,2-5H2,1H3,(H,14,15,16). The third-order valence-electron chi connectivity index (χ3n) is 2.86. The maximum Gasteiger partial charge on any atom is 0.224 e. The fourth-order valence-electron chi connectivity index (χ4n) is 1.72. The summed E-state index contributed by atoms with van der Waals surface area (Å²) < 4.78 is 0. The summed E-state index contributed by atoms with van der Waals surface area (Å²) in [6.45, 7) is 2.16. The Morgan fingerprint density at radius 1 is 1.50 bits per heavy atom. The molecule has 0 spiro atoms. The number of nitrogens with zero attached hydrogens (tertiary/aromatic N) is 2. The molecule has 88 valence electrons. The van der Waals surface area contributed by atoms with Crippen molar-refractivity contribution < 1.29 is 0 Å². The second-order valence-corrected chi connectivity index (χ2v) is 5.01. The lowest BCUT2D eigenvalue weighted by Gasteiger charge is -2.17. The SMILES string of the molecule is CCC(CC1CC1)Nc1nc(Cl)ncc1Cl. The molecular formula is C11H15Cl2N3. The minimum Gasteiger partial charge on any atom is -0.366 e. The van der Waals surface area contributed by atoms with E-state index in [1.807, 2.05) is 0 Å². The molecule has 1 atom stereocenters. The van der Waals surface area contributed by atoms with Gasteiger partial charge in [0.1, 0.15) is 10.8 Å². The fraction of sp³-hybridized carbons (Fsp3) is 0.636. The summed E-state index contributed by atoms with van der Waals surface area (Å²) in [6, 6.07) is 0.427. The molecular weight excluding hydrogens is 245 g/mol. The van der Waals surface area contributed by atoms with Crippen LogP contribution in [-0.2, 0) is 0 Å². The van der Waals surface area contributed by atoms with E-state index >= 15 is 0 Å². The number of hydrogen-bond acceptors (Lipinski definition) is 3. The van der Waals surface area contributed by atoms with E-state index in [9.17, 15) is 0 Å². The molecule has 1 aliphatic carbocycles. The Labute approximate surface area is 106 Å². The van der Waals surface area contributed by atoms with Gasteiger partial charge in [-0.1, -0.05) is 31.4 Å². The van der Waals surface area contributed by atoms with Gasteiger partial charge in [-0.2, -0.15) is 4.98 Å². The summed E-state index contributed by atoms with van der Waals surface area (Å²) in [5.74, 6) is 1.53. The van der Waals surface area contributed by atoms with Gasteiger partial charge in [-0.15, -0.1) is 0 Å². The van der Waals surface area contributed by atoms with Gasteiger partial charge in [0.15, 0.2) is 0 Å². The second-order valence-electron chi connectivity index (χ2n) is 4.26. The molecule has 0 radical (unpaired) electrons. The summed E-state index contributed by atoms with van der Waals surface area (Å²) >= 11 is 11.7. The predicted molar refractivity (Wildman–Crippen MR) is 67.1 cm³/mol. The maximum atomic E-state index is 6.00. The Bertz CT molecular complexity index is 366. The van der Waals surface area contributed by atoms with Crippen LogP contribution in [0.4, 0.5) is 5.82 Å².